The molecule has 130 valence electrons. The minimum atomic E-state index is -0.810. The van der Waals surface area contributed by atoms with Crippen LogP contribution in [-0.4, -0.2) is 37.5 Å². The van der Waals surface area contributed by atoms with Crippen molar-refractivity contribution in [1.82, 2.24) is 0 Å². The van der Waals surface area contributed by atoms with E-state index in [-0.39, 0.29) is 11.3 Å². The molecule has 8 nitrogen and oxygen atoms in total. The summed E-state index contributed by atoms with van der Waals surface area (Å²) in [5.74, 6) is -1.31. The predicted molar refractivity (Wildman–Crippen MR) is 92.8 cm³/mol. The van der Waals surface area contributed by atoms with Gasteiger partial charge in [-0.15, -0.1) is 0 Å². The van der Waals surface area contributed by atoms with Crippen LogP contribution in [0.1, 0.15) is 10.4 Å². The normalized spacial score (nSPS) is 10.0. The largest absolute Gasteiger partial charge is 0.452 e. The maximum Gasteiger partial charge on any atom is 0.341 e. The van der Waals surface area contributed by atoms with Gasteiger partial charge in [0.15, 0.2) is 6.61 Å². The van der Waals surface area contributed by atoms with Crippen molar-refractivity contribution in [3.05, 3.63) is 64.2 Å². The van der Waals surface area contributed by atoms with Gasteiger partial charge in [-0.3, -0.25) is 14.9 Å². The Morgan fingerprint density at radius 2 is 1.84 bits per heavy atom. The lowest BCUT2D eigenvalue weighted by Gasteiger charge is -2.16. The maximum absolute atomic E-state index is 12.3. The average Bonchev–Trinajstić information content (AvgIpc) is 2.59. The van der Waals surface area contributed by atoms with Crippen LogP contribution in [0.3, 0.4) is 0 Å². The lowest BCUT2D eigenvalue weighted by molar-refractivity contribution is -0.384. The number of nitro groups is 1. The number of hydrogen-bond acceptors (Lipinski definition) is 6. The molecular formula is C17H17N3O5. The Hall–Kier alpha value is -3.42. The first-order valence-corrected chi connectivity index (χ1v) is 7.36. The molecule has 1 amide bonds. The van der Waals surface area contributed by atoms with Crippen LogP contribution in [0.2, 0.25) is 0 Å². The number of ether oxygens (including phenoxy) is 1. The van der Waals surface area contributed by atoms with Gasteiger partial charge in [0.25, 0.3) is 11.6 Å². The maximum atomic E-state index is 12.3. The molecule has 0 aliphatic heterocycles. The van der Waals surface area contributed by atoms with Crippen LogP contribution >= 0.6 is 0 Å². The zero-order valence-corrected chi connectivity index (χ0v) is 13.8. The van der Waals surface area contributed by atoms with E-state index >= 15 is 0 Å². The van der Waals surface area contributed by atoms with Crippen LogP contribution in [0.4, 0.5) is 17.1 Å². The predicted octanol–water partition coefficient (Wildman–Crippen LogP) is 2.46. The first-order valence-electron chi connectivity index (χ1n) is 7.36. The molecule has 1 N–H and O–H groups in total. The van der Waals surface area contributed by atoms with E-state index in [2.05, 4.69) is 5.32 Å². The number of esters is 1. The molecule has 0 aliphatic carbocycles. The van der Waals surface area contributed by atoms with E-state index in [1.165, 1.54) is 12.1 Å². The molecule has 0 unspecified atom stereocenters. The highest BCUT2D eigenvalue weighted by molar-refractivity contribution is 5.99. The molecule has 0 aliphatic rings. The highest BCUT2D eigenvalue weighted by Gasteiger charge is 2.20. The first-order chi connectivity index (χ1) is 11.9. The second kappa shape index (κ2) is 7.91. The molecule has 2 aromatic carbocycles. The van der Waals surface area contributed by atoms with Gasteiger partial charge < -0.3 is 15.0 Å². The van der Waals surface area contributed by atoms with E-state index in [1.54, 1.807) is 49.3 Å². The van der Waals surface area contributed by atoms with Gasteiger partial charge in [0.05, 0.1) is 16.2 Å². The van der Waals surface area contributed by atoms with Gasteiger partial charge >= 0.3 is 5.97 Å². The number of nitrogens with one attached hydrogen (secondary N) is 1. The molecule has 0 radical (unpaired) electrons. The molecule has 0 heterocycles. The summed E-state index contributed by atoms with van der Waals surface area (Å²) in [5.41, 5.74) is 0.824. The minimum Gasteiger partial charge on any atom is -0.452 e. The number of para-hydroxylation sites is 1. The third-order valence-electron chi connectivity index (χ3n) is 3.28. The third-order valence-corrected chi connectivity index (χ3v) is 3.28. The number of non-ortho nitro benzene ring substituents is 1. The van der Waals surface area contributed by atoms with Crippen molar-refractivity contribution >= 4 is 28.9 Å². The van der Waals surface area contributed by atoms with Gasteiger partial charge in [0.1, 0.15) is 0 Å². The van der Waals surface area contributed by atoms with Crippen molar-refractivity contribution in [2.75, 3.05) is 30.9 Å². The molecule has 0 saturated carbocycles. The fourth-order valence-corrected chi connectivity index (χ4v) is 2.12. The summed E-state index contributed by atoms with van der Waals surface area (Å²) < 4.78 is 4.99. The average molecular weight is 343 g/mol. The second-order valence-electron chi connectivity index (χ2n) is 5.34. The zero-order chi connectivity index (χ0) is 18.4. The van der Waals surface area contributed by atoms with Crippen LogP contribution in [0, 0.1) is 10.1 Å². The fraction of sp³-hybridized carbons (Fsp3) is 0.176. The van der Waals surface area contributed by atoms with E-state index < -0.39 is 23.4 Å². The number of nitro benzene ring substituents is 1. The van der Waals surface area contributed by atoms with Gasteiger partial charge in [-0.1, -0.05) is 18.2 Å². The molecule has 0 spiro atoms. The topological polar surface area (TPSA) is 102 Å². The SMILES string of the molecule is CN(C)c1ccc([N+](=O)[O-])cc1C(=O)OCC(=O)Nc1ccccc1. The van der Waals surface area contributed by atoms with E-state index in [9.17, 15) is 19.7 Å². The lowest BCUT2D eigenvalue weighted by atomic mass is 10.1. The number of hydrogen-bond donors (Lipinski definition) is 1. The molecule has 2 aromatic rings. The summed E-state index contributed by atoms with van der Waals surface area (Å²) in [6, 6.07) is 12.6. The van der Waals surface area contributed by atoms with Crippen LogP contribution in [0.25, 0.3) is 0 Å². The van der Waals surface area contributed by atoms with E-state index in [0.29, 0.717) is 11.4 Å². The Kier molecular flexibility index (Phi) is 5.67. The van der Waals surface area contributed by atoms with Crippen molar-refractivity contribution in [2.24, 2.45) is 0 Å². The number of carbonyl (C=O) groups is 2. The Morgan fingerprint density at radius 1 is 1.16 bits per heavy atom. The molecule has 0 saturated heterocycles. The molecule has 0 fully saturated rings. The van der Waals surface area contributed by atoms with Gasteiger partial charge in [0.2, 0.25) is 0 Å². The Morgan fingerprint density at radius 3 is 2.44 bits per heavy atom. The van der Waals surface area contributed by atoms with Gasteiger partial charge in [0, 0.05) is 31.9 Å². The fourth-order valence-electron chi connectivity index (χ4n) is 2.12. The molecule has 8 heteroatoms. The molecule has 0 aromatic heterocycles. The van der Waals surface area contributed by atoms with E-state index in [0.717, 1.165) is 6.07 Å². The van der Waals surface area contributed by atoms with Crippen LogP contribution < -0.4 is 10.2 Å². The van der Waals surface area contributed by atoms with Crippen LogP contribution in [0.15, 0.2) is 48.5 Å². The zero-order valence-electron chi connectivity index (χ0n) is 13.8. The summed E-state index contributed by atoms with van der Waals surface area (Å²) in [6.07, 6.45) is 0. The molecule has 0 atom stereocenters. The number of rotatable bonds is 6. The van der Waals surface area contributed by atoms with E-state index in [1.807, 2.05) is 0 Å². The summed E-state index contributed by atoms with van der Waals surface area (Å²) in [5, 5.41) is 13.5. The number of carbonyl (C=O) groups excluding carboxylic acids is 2. The van der Waals surface area contributed by atoms with E-state index in [4.69, 9.17) is 4.74 Å². The monoisotopic (exact) mass is 343 g/mol. The smallest absolute Gasteiger partial charge is 0.341 e. The molecular weight excluding hydrogens is 326 g/mol. The summed E-state index contributed by atoms with van der Waals surface area (Å²) in [7, 11) is 3.39. The number of nitrogens with zero attached hydrogens (tertiary/aromatic N) is 2. The van der Waals surface area contributed by atoms with Gasteiger partial charge in [-0.25, -0.2) is 4.79 Å². The summed E-state index contributed by atoms with van der Waals surface area (Å²) >= 11 is 0. The highest BCUT2D eigenvalue weighted by Crippen LogP contribution is 2.25. The molecule has 25 heavy (non-hydrogen) atoms. The van der Waals surface area contributed by atoms with Crippen molar-refractivity contribution in [3.8, 4) is 0 Å². The standard InChI is InChI=1S/C17H17N3O5/c1-19(2)15-9-8-13(20(23)24)10-14(15)17(22)25-11-16(21)18-12-6-4-3-5-7-12/h3-10H,11H2,1-2H3,(H,18,21). The Balaban J connectivity index is 2.08. The third kappa shape index (κ3) is 4.77. The summed E-state index contributed by atoms with van der Waals surface area (Å²) in [4.78, 5) is 36.0. The van der Waals surface area contributed by atoms with Crippen molar-refractivity contribution < 1.29 is 19.2 Å². The number of anilines is 2. The van der Waals surface area contributed by atoms with Crippen molar-refractivity contribution in [2.45, 2.75) is 0 Å². The second-order valence-corrected chi connectivity index (χ2v) is 5.34. The van der Waals surface area contributed by atoms with Gasteiger partial charge in [-0.2, -0.15) is 0 Å². The molecule has 0 bridgehead atoms. The first kappa shape index (κ1) is 17.9. The minimum absolute atomic E-state index is 0.0201. The Labute approximate surface area is 144 Å². The Bertz CT molecular complexity index is 790. The van der Waals surface area contributed by atoms with Crippen LogP contribution in [-0.2, 0) is 9.53 Å². The quantitative estimate of drug-likeness (QED) is 0.491. The van der Waals surface area contributed by atoms with Gasteiger partial charge in [-0.05, 0) is 18.2 Å². The number of benzene rings is 2. The van der Waals surface area contributed by atoms with Crippen molar-refractivity contribution in [3.63, 3.8) is 0 Å². The lowest BCUT2D eigenvalue weighted by Crippen LogP contribution is -2.22. The van der Waals surface area contributed by atoms with Crippen molar-refractivity contribution in [1.29, 1.82) is 0 Å². The molecule has 2 rings (SSSR count). The number of amides is 1. The van der Waals surface area contributed by atoms with Crippen LogP contribution in [0.5, 0.6) is 0 Å². The highest BCUT2D eigenvalue weighted by atomic mass is 16.6. The summed E-state index contributed by atoms with van der Waals surface area (Å²) in [6.45, 7) is -0.497.